The fourth-order valence-electron chi connectivity index (χ4n) is 4.68. The standard InChI is InChI=1S/C26H35FN3O7PS/c1-17(24(33)35-19-10-6-4-7-11-19)29-38(39,37-20-12-8-5-9-13-20)34-16-21-23(32)26(3,27)25(36-21)30-15-14-22(31)28-18(30)2/h5,8-9,12-15,17,19,21,23,25,32H,2,4,6-7,10-11,16H2,1,3H3,(H,28,31)(H,29,39)/t17?,21-,23-,25-,26-,38?/m1/s1. The van der Waals surface area contributed by atoms with Crippen LogP contribution in [0, 0.1) is 0 Å². The van der Waals surface area contributed by atoms with E-state index in [4.69, 9.17) is 30.3 Å². The van der Waals surface area contributed by atoms with Crippen LogP contribution in [0.4, 0.5) is 4.39 Å². The number of alkyl halides is 1. The van der Waals surface area contributed by atoms with Gasteiger partial charge in [-0.3, -0.25) is 9.59 Å². The van der Waals surface area contributed by atoms with Crippen molar-refractivity contribution >= 4 is 30.3 Å². The van der Waals surface area contributed by atoms with E-state index in [2.05, 4.69) is 17.0 Å². The highest BCUT2D eigenvalue weighted by Gasteiger charge is 2.57. The molecule has 6 atom stereocenters. The third-order valence-electron chi connectivity index (χ3n) is 6.85. The second-order valence-corrected chi connectivity index (χ2v) is 13.2. The van der Waals surface area contributed by atoms with E-state index in [0.717, 1.165) is 32.1 Å². The van der Waals surface area contributed by atoms with Crippen LogP contribution >= 0.6 is 6.64 Å². The van der Waals surface area contributed by atoms with Gasteiger partial charge in [-0.1, -0.05) is 31.2 Å². The largest absolute Gasteiger partial charge is 0.461 e. The fraction of sp³-hybridized carbons (Fsp3) is 0.538. The Kier molecular flexibility index (Phi) is 9.46. The molecule has 0 bridgehead atoms. The summed E-state index contributed by atoms with van der Waals surface area (Å²) in [5.74, 6) is -0.360. The van der Waals surface area contributed by atoms with Gasteiger partial charge in [0, 0.05) is 12.3 Å². The number of carbonyl (C=O) groups is 2. The zero-order valence-corrected chi connectivity index (χ0v) is 23.7. The second kappa shape index (κ2) is 12.4. The third-order valence-corrected chi connectivity index (χ3v) is 9.35. The van der Waals surface area contributed by atoms with Gasteiger partial charge in [0.1, 0.15) is 35.9 Å². The predicted octanol–water partition coefficient (Wildman–Crippen LogP) is 3.39. The molecule has 0 aromatic heterocycles. The Morgan fingerprint density at radius 3 is 2.72 bits per heavy atom. The first-order valence-corrected chi connectivity index (χ1v) is 15.6. The molecule has 2 fully saturated rings. The molecule has 0 radical (unpaired) electrons. The number of benzene rings is 1. The number of halogens is 1. The van der Waals surface area contributed by atoms with Crippen molar-refractivity contribution in [1.29, 1.82) is 0 Å². The highest BCUT2D eigenvalue weighted by Crippen LogP contribution is 2.47. The van der Waals surface area contributed by atoms with Gasteiger partial charge >= 0.3 is 12.6 Å². The number of rotatable bonds is 10. The molecule has 2 heterocycles. The predicted molar refractivity (Wildman–Crippen MR) is 145 cm³/mol. The summed E-state index contributed by atoms with van der Waals surface area (Å²) in [5, 5.41) is 16.2. The highest BCUT2D eigenvalue weighted by molar-refractivity contribution is 8.09. The van der Waals surface area contributed by atoms with E-state index in [-0.39, 0.29) is 18.5 Å². The monoisotopic (exact) mass is 583 g/mol. The summed E-state index contributed by atoms with van der Waals surface area (Å²) >= 11 is 5.73. The molecular formula is C26H35FN3O7PS. The number of nitrogens with one attached hydrogen (secondary N) is 2. The van der Waals surface area contributed by atoms with Gasteiger partial charge in [-0.05, 0) is 63.5 Å². The summed E-state index contributed by atoms with van der Waals surface area (Å²) in [5.41, 5.74) is -2.25. The van der Waals surface area contributed by atoms with Crippen LogP contribution in [-0.2, 0) is 35.4 Å². The average molecular weight is 584 g/mol. The van der Waals surface area contributed by atoms with Gasteiger partial charge in [-0.2, -0.15) is 0 Å². The van der Waals surface area contributed by atoms with Gasteiger partial charge < -0.3 is 33.8 Å². The van der Waals surface area contributed by atoms with Gasteiger partial charge in [-0.25, -0.2) is 9.48 Å². The number of esters is 1. The number of aliphatic hydroxyl groups excluding tert-OH is 1. The van der Waals surface area contributed by atoms with Crippen LogP contribution in [0.1, 0.15) is 46.0 Å². The molecule has 10 nitrogen and oxygen atoms in total. The van der Waals surface area contributed by atoms with Crippen molar-refractivity contribution in [2.24, 2.45) is 0 Å². The highest BCUT2D eigenvalue weighted by atomic mass is 32.5. The van der Waals surface area contributed by atoms with E-state index in [1.54, 1.807) is 31.2 Å². The lowest BCUT2D eigenvalue weighted by molar-refractivity contribution is -0.152. The van der Waals surface area contributed by atoms with Crippen molar-refractivity contribution in [2.45, 2.75) is 82.2 Å². The first-order valence-electron chi connectivity index (χ1n) is 12.9. The quantitative estimate of drug-likeness (QED) is 0.279. The number of hydrogen-bond donors (Lipinski definition) is 3. The number of nitrogens with zero attached hydrogens (tertiary/aromatic N) is 1. The molecule has 1 aliphatic carbocycles. The molecule has 13 heteroatoms. The van der Waals surface area contributed by atoms with Gasteiger partial charge in [-0.15, -0.1) is 0 Å². The Hall–Kier alpha value is -2.34. The Morgan fingerprint density at radius 1 is 1.36 bits per heavy atom. The van der Waals surface area contributed by atoms with Gasteiger partial charge in [0.15, 0.2) is 11.9 Å². The Labute approximate surface area is 232 Å². The normalized spacial score (nSPS) is 29.9. The summed E-state index contributed by atoms with van der Waals surface area (Å²) in [6, 6.07) is 7.86. The Bertz CT molecular complexity index is 1130. The minimum atomic E-state index is -3.43. The zero-order valence-electron chi connectivity index (χ0n) is 22.0. The van der Waals surface area contributed by atoms with Crippen LogP contribution in [0.2, 0.25) is 0 Å². The number of amides is 1. The van der Waals surface area contributed by atoms with E-state index in [1.807, 2.05) is 6.07 Å². The molecule has 1 aromatic rings. The van der Waals surface area contributed by atoms with Crippen molar-refractivity contribution in [3.8, 4) is 5.75 Å². The number of hydrogen-bond acceptors (Lipinski definition) is 9. The number of aliphatic hydroxyl groups is 1. The summed E-state index contributed by atoms with van der Waals surface area (Å²) in [6.07, 6.45) is 3.19. The topological polar surface area (TPSA) is 119 Å². The molecule has 3 N–H and O–H groups in total. The van der Waals surface area contributed by atoms with E-state index in [1.165, 1.54) is 24.1 Å². The van der Waals surface area contributed by atoms with E-state index >= 15 is 4.39 Å². The van der Waals surface area contributed by atoms with Crippen molar-refractivity contribution in [2.75, 3.05) is 6.61 Å². The summed E-state index contributed by atoms with van der Waals surface area (Å²) < 4.78 is 39.2. The molecule has 3 aliphatic rings. The van der Waals surface area contributed by atoms with E-state index in [9.17, 15) is 14.7 Å². The fourth-order valence-corrected chi connectivity index (χ4v) is 7.09. The second-order valence-electron chi connectivity index (χ2n) is 10.0. The number of carbonyl (C=O) groups excluding carboxylic acids is 2. The summed E-state index contributed by atoms with van der Waals surface area (Å²) in [4.78, 5) is 25.7. The van der Waals surface area contributed by atoms with Crippen molar-refractivity contribution in [3.05, 3.63) is 55.0 Å². The molecule has 4 rings (SSSR count). The van der Waals surface area contributed by atoms with Crippen LogP contribution in [0.15, 0.2) is 55.0 Å². The number of para-hydroxylation sites is 1. The molecule has 2 unspecified atom stereocenters. The minimum absolute atomic E-state index is 0.106. The van der Waals surface area contributed by atoms with Crippen LogP contribution in [0.3, 0.4) is 0 Å². The van der Waals surface area contributed by atoms with Crippen molar-refractivity contribution in [3.63, 3.8) is 0 Å². The molecule has 2 aliphatic heterocycles. The number of ether oxygens (including phenoxy) is 2. The molecule has 214 valence electrons. The molecule has 1 saturated heterocycles. The Balaban J connectivity index is 1.45. The first-order chi connectivity index (χ1) is 18.5. The van der Waals surface area contributed by atoms with Crippen molar-refractivity contribution < 1.29 is 37.6 Å². The first kappa shape index (κ1) is 29.6. The lowest BCUT2D eigenvalue weighted by Gasteiger charge is -2.35. The maximum Gasteiger partial charge on any atom is 0.323 e. The van der Waals surface area contributed by atoms with Crippen LogP contribution in [-0.4, -0.2) is 64.7 Å². The third kappa shape index (κ3) is 7.25. The van der Waals surface area contributed by atoms with Gasteiger partial charge in [0.25, 0.3) is 5.91 Å². The summed E-state index contributed by atoms with van der Waals surface area (Å²) in [6.45, 7) is 2.76. The van der Waals surface area contributed by atoms with Gasteiger partial charge in [0.05, 0.1) is 6.61 Å². The van der Waals surface area contributed by atoms with Crippen LogP contribution in [0.5, 0.6) is 5.75 Å². The van der Waals surface area contributed by atoms with Crippen LogP contribution in [0.25, 0.3) is 0 Å². The molecule has 1 aromatic carbocycles. The molecule has 0 spiro atoms. The van der Waals surface area contributed by atoms with E-state index in [0.29, 0.717) is 5.75 Å². The molecular weight excluding hydrogens is 548 g/mol. The lowest BCUT2D eigenvalue weighted by atomic mass is 9.98. The van der Waals surface area contributed by atoms with E-state index < -0.39 is 48.7 Å². The zero-order chi connectivity index (χ0) is 28.2. The lowest BCUT2D eigenvalue weighted by Crippen LogP contribution is -2.51. The molecule has 39 heavy (non-hydrogen) atoms. The maximum atomic E-state index is 15.7. The molecule has 1 saturated carbocycles. The minimum Gasteiger partial charge on any atom is -0.461 e. The van der Waals surface area contributed by atoms with Gasteiger partial charge in [0.2, 0.25) is 0 Å². The average Bonchev–Trinajstić information content (AvgIpc) is 3.12. The summed E-state index contributed by atoms with van der Waals surface area (Å²) in [7, 11) is 0. The smallest absolute Gasteiger partial charge is 0.323 e. The van der Waals surface area contributed by atoms with Crippen molar-refractivity contribution in [1.82, 2.24) is 15.3 Å². The SMILES string of the molecule is C=C1NC(=O)C=CN1[C@@H]1O[C@H](COP(=S)(NC(C)C(=O)OC2CCCCC2)Oc2ccccc2)[C@@H](O)[C@@]1(C)F. The molecule has 1 amide bonds. The Morgan fingerprint density at radius 2 is 2.05 bits per heavy atom. The van der Waals surface area contributed by atoms with Crippen LogP contribution < -0.4 is 14.9 Å². The maximum absolute atomic E-state index is 15.7.